The summed E-state index contributed by atoms with van der Waals surface area (Å²) in [6.07, 6.45) is -6.04. The number of hydrogen-bond acceptors (Lipinski definition) is 7. The van der Waals surface area contributed by atoms with Gasteiger partial charge >= 0.3 is 16.5 Å². The minimum absolute atomic E-state index is 0.0362. The first-order valence-corrected chi connectivity index (χ1v) is 10.2. The van der Waals surface area contributed by atoms with Crippen molar-refractivity contribution in [2.75, 3.05) is 0 Å². The number of nitrogens with one attached hydrogen (secondary N) is 1. The van der Waals surface area contributed by atoms with E-state index in [2.05, 4.69) is 0 Å². The Morgan fingerprint density at radius 2 is 1.94 bits per heavy atom. The Bertz CT molecular complexity index is 1140. The molecule has 0 spiro atoms. The van der Waals surface area contributed by atoms with Crippen LogP contribution in [0.2, 0.25) is 5.02 Å². The maximum Gasteiger partial charge on any atom is 0.416 e. The summed E-state index contributed by atoms with van der Waals surface area (Å²) < 4.78 is 80.0. The number of amides is 1. The first kappa shape index (κ1) is 25.3. The van der Waals surface area contributed by atoms with Crippen LogP contribution >= 0.6 is 11.6 Å². The van der Waals surface area contributed by atoms with Crippen LogP contribution in [0.3, 0.4) is 0 Å². The number of nitrogens with zero attached hydrogens (tertiary/aromatic N) is 1. The smallest absolute Gasteiger partial charge is 0.416 e. The van der Waals surface area contributed by atoms with Crippen molar-refractivity contribution in [2.45, 2.75) is 25.8 Å². The van der Waals surface area contributed by atoms with E-state index in [1.54, 1.807) is 0 Å². The lowest BCUT2D eigenvalue weighted by atomic mass is 10.1. The molecule has 1 amide bonds. The van der Waals surface area contributed by atoms with Crippen LogP contribution < -0.4 is 9.46 Å². The Balaban J connectivity index is 2.23. The zero-order valence-corrected chi connectivity index (χ0v) is 17.5. The van der Waals surface area contributed by atoms with Crippen LogP contribution in [-0.4, -0.2) is 29.9 Å². The van der Waals surface area contributed by atoms with E-state index < -0.39 is 51.3 Å². The van der Waals surface area contributed by atoms with Gasteiger partial charge in [0.15, 0.2) is 0 Å². The number of alkyl halides is 3. The molecule has 2 aromatic rings. The highest BCUT2D eigenvalue weighted by Gasteiger charge is 2.31. The minimum Gasteiger partial charge on any atom is -0.456 e. The average Bonchev–Trinajstić information content (AvgIpc) is 2.65. The molecule has 1 atom stereocenters. The van der Waals surface area contributed by atoms with Crippen LogP contribution in [0, 0.1) is 10.1 Å². The molecule has 15 heteroatoms. The normalized spacial score (nSPS) is 12.8. The average molecular weight is 499 g/mol. The van der Waals surface area contributed by atoms with E-state index >= 15 is 0 Å². The summed E-state index contributed by atoms with van der Waals surface area (Å²) in [6.45, 7) is 0.586. The fourth-order valence-electron chi connectivity index (χ4n) is 2.31. The third-order valence-electron chi connectivity index (χ3n) is 3.82. The van der Waals surface area contributed by atoms with Gasteiger partial charge in [-0.2, -0.15) is 21.6 Å². The van der Waals surface area contributed by atoms with E-state index in [0.717, 1.165) is 31.2 Å². The van der Waals surface area contributed by atoms with Crippen LogP contribution in [0.25, 0.3) is 0 Å². The van der Waals surface area contributed by atoms with Gasteiger partial charge in [0.1, 0.15) is 17.6 Å². The van der Waals surface area contributed by atoms with E-state index in [1.165, 1.54) is 10.8 Å². The van der Waals surface area contributed by atoms with Crippen LogP contribution in [0.4, 0.5) is 18.9 Å². The first-order valence-electron chi connectivity index (χ1n) is 8.40. The van der Waals surface area contributed by atoms with E-state index in [9.17, 15) is 36.5 Å². The Labute approximate surface area is 183 Å². The summed E-state index contributed by atoms with van der Waals surface area (Å²) >= 11 is 5.83. The Hall–Kier alpha value is -2.94. The molecule has 0 aromatic heterocycles. The fraction of sp³-hybridized carbons (Fsp3) is 0.235. The Morgan fingerprint density at radius 3 is 2.47 bits per heavy atom. The Morgan fingerprint density at radius 1 is 1.28 bits per heavy atom. The van der Waals surface area contributed by atoms with Crippen LogP contribution in [0.1, 0.15) is 18.1 Å². The van der Waals surface area contributed by atoms with E-state index in [-0.39, 0.29) is 22.1 Å². The molecule has 0 aliphatic rings. The molecule has 2 rings (SSSR count). The molecule has 2 N–H and O–H groups in total. The number of ether oxygens (including phenoxy) is 2. The predicted octanol–water partition coefficient (Wildman–Crippen LogP) is 3.88. The van der Waals surface area contributed by atoms with Crippen molar-refractivity contribution in [3.63, 3.8) is 0 Å². The molecule has 0 heterocycles. The molecule has 0 bridgehead atoms. The van der Waals surface area contributed by atoms with Gasteiger partial charge in [-0.1, -0.05) is 11.6 Å². The fourth-order valence-corrected chi connectivity index (χ4v) is 2.95. The van der Waals surface area contributed by atoms with Gasteiger partial charge < -0.3 is 9.47 Å². The quantitative estimate of drug-likeness (QED) is 0.317. The second-order valence-electron chi connectivity index (χ2n) is 6.19. The van der Waals surface area contributed by atoms with E-state index in [1.807, 2.05) is 0 Å². The second kappa shape index (κ2) is 9.68. The van der Waals surface area contributed by atoms with E-state index in [4.69, 9.17) is 25.6 Å². The lowest BCUT2D eigenvalue weighted by Gasteiger charge is -2.14. The van der Waals surface area contributed by atoms with Crippen molar-refractivity contribution in [2.24, 2.45) is 0 Å². The topological polar surface area (TPSA) is 145 Å². The molecule has 0 radical (unpaired) electrons. The molecule has 0 aliphatic carbocycles. The van der Waals surface area contributed by atoms with Gasteiger partial charge in [-0.3, -0.25) is 19.5 Å². The SMILES string of the molecule is CC(OCc1cc(Oc2ccc(C(F)(F)F)cc2Cl)ccc1[N+](=O)[O-])C(=O)NS(=O)(=O)O. The molecule has 2 aromatic carbocycles. The number of carbonyl (C=O) groups excluding carboxylic acids is 1. The monoisotopic (exact) mass is 498 g/mol. The van der Waals surface area contributed by atoms with Crippen molar-refractivity contribution in [1.29, 1.82) is 0 Å². The van der Waals surface area contributed by atoms with E-state index in [0.29, 0.717) is 6.07 Å². The van der Waals surface area contributed by atoms with Crippen LogP contribution in [0.15, 0.2) is 36.4 Å². The molecule has 10 nitrogen and oxygen atoms in total. The van der Waals surface area contributed by atoms with Crippen molar-refractivity contribution < 1.29 is 45.3 Å². The number of benzene rings is 2. The molecule has 0 saturated heterocycles. The summed E-state index contributed by atoms with van der Waals surface area (Å²) in [6, 6.07) is 5.72. The molecular weight excluding hydrogens is 485 g/mol. The number of carbonyl (C=O) groups is 1. The van der Waals surface area contributed by atoms with Gasteiger partial charge in [-0.15, -0.1) is 0 Å². The summed E-state index contributed by atoms with van der Waals surface area (Å²) in [7, 11) is -4.82. The standard InChI is InChI=1S/C17H14ClF3N2O8S/c1-9(16(24)22-32(27,28)29)30-8-10-6-12(3-4-14(10)23(25)26)31-15-5-2-11(7-13(15)18)17(19,20)21/h2-7,9H,8H2,1H3,(H,22,24)(H,27,28,29). The van der Waals surface area contributed by atoms with Crippen molar-refractivity contribution in [3.05, 3.63) is 62.7 Å². The highest BCUT2D eigenvalue weighted by atomic mass is 35.5. The molecular formula is C17H14ClF3N2O8S. The first-order chi connectivity index (χ1) is 14.7. The van der Waals surface area contributed by atoms with Gasteiger partial charge in [0.2, 0.25) is 0 Å². The molecule has 0 aliphatic heterocycles. The Kier molecular flexibility index (Phi) is 7.66. The summed E-state index contributed by atoms with van der Waals surface area (Å²) in [5.41, 5.74) is -1.52. The maximum absolute atomic E-state index is 12.7. The third-order valence-corrected chi connectivity index (χ3v) is 4.58. The molecule has 1 unspecified atom stereocenters. The molecule has 32 heavy (non-hydrogen) atoms. The lowest BCUT2D eigenvalue weighted by molar-refractivity contribution is -0.386. The zero-order chi connectivity index (χ0) is 24.3. The van der Waals surface area contributed by atoms with Gasteiger partial charge in [0, 0.05) is 6.07 Å². The summed E-state index contributed by atoms with van der Waals surface area (Å²) in [5, 5.41) is 10.9. The second-order valence-corrected chi connectivity index (χ2v) is 7.75. The molecule has 0 saturated carbocycles. The zero-order valence-electron chi connectivity index (χ0n) is 15.9. The lowest BCUT2D eigenvalue weighted by Crippen LogP contribution is -2.38. The number of rotatable bonds is 8. The number of nitro groups is 1. The molecule has 174 valence electrons. The largest absolute Gasteiger partial charge is 0.456 e. The summed E-state index contributed by atoms with van der Waals surface area (Å²) in [5.74, 6) is -1.41. The van der Waals surface area contributed by atoms with Gasteiger partial charge in [-0.25, -0.2) is 4.72 Å². The minimum atomic E-state index is -4.82. The highest BCUT2D eigenvalue weighted by molar-refractivity contribution is 7.84. The summed E-state index contributed by atoms with van der Waals surface area (Å²) in [4.78, 5) is 22.1. The number of nitro benzene ring substituents is 1. The van der Waals surface area contributed by atoms with Gasteiger partial charge in [0.05, 0.1) is 27.7 Å². The van der Waals surface area contributed by atoms with Gasteiger partial charge in [0.25, 0.3) is 11.6 Å². The van der Waals surface area contributed by atoms with Crippen LogP contribution in [0.5, 0.6) is 11.5 Å². The van der Waals surface area contributed by atoms with Crippen molar-refractivity contribution >= 4 is 33.5 Å². The van der Waals surface area contributed by atoms with Gasteiger partial charge in [-0.05, 0) is 37.3 Å². The van der Waals surface area contributed by atoms with Crippen molar-refractivity contribution in [3.8, 4) is 11.5 Å². The maximum atomic E-state index is 12.7. The predicted molar refractivity (Wildman–Crippen MR) is 104 cm³/mol. The third kappa shape index (κ3) is 7.05. The number of hydrogen-bond donors (Lipinski definition) is 2. The molecule has 0 fully saturated rings. The highest BCUT2D eigenvalue weighted by Crippen LogP contribution is 2.37. The number of halogens is 4. The van der Waals surface area contributed by atoms with Crippen molar-refractivity contribution in [1.82, 2.24) is 4.72 Å². The van der Waals surface area contributed by atoms with Crippen LogP contribution in [-0.2, 0) is 32.6 Å².